The zero-order valence-corrected chi connectivity index (χ0v) is 19.6. The van der Waals surface area contributed by atoms with Gasteiger partial charge in [-0.1, -0.05) is 36.5 Å². The monoisotopic (exact) mass is 443 g/mol. The van der Waals surface area contributed by atoms with E-state index in [1.54, 1.807) is 6.92 Å². The summed E-state index contributed by atoms with van der Waals surface area (Å²) < 4.78 is 0. The van der Waals surface area contributed by atoms with Gasteiger partial charge in [-0.15, -0.1) is 0 Å². The fourth-order valence-electron chi connectivity index (χ4n) is 7.78. The number of hydrogen-bond donors (Lipinski definition) is 2. The highest BCUT2D eigenvalue weighted by Gasteiger charge is 2.64. The van der Waals surface area contributed by atoms with Gasteiger partial charge in [0.25, 0.3) is 0 Å². The van der Waals surface area contributed by atoms with Crippen LogP contribution in [0.2, 0.25) is 0 Å². The minimum absolute atomic E-state index is 0.125. The molecule has 172 valence electrons. The fraction of sp³-hybridized carbons (Fsp3) is 0.517. The van der Waals surface area contributed by atoms with Crippen molar-refractivity contribution in [1.29, 1.82) is 0 Å². The lowest BCUT2D eigenvalue weighted by Gasteiger charge is -2.54. The van der Waals surface area contributed by atoms with Crippen LogP contribution in [0.5, 0.6) is 0 Å². The molecule has 0 radical (unpaired) electrons. The molecule has 5 rings (SSSR count). The molecular weight excluding hydrogens is 410 g/mol. The second-order valence-corrected chi connectivity index (χ2v) is 10.6. The topological polar surface area (TPSA) is 80.4 Å². The quantitative estimate of drug-likeness (QED) is 0.511. The molecule has 33 heavy (non-hydrogen) atoms. The number of benzene rings is 1. The van der Waals surface area contributed by atoms with Gasteiger partial charge in [-0.25, -0.2) is 0 Å². The number of hydrogen-bond acceptors (Lipinski definition) is 4. The molecule has 0 spiro atoms. The van der Waals surface area contributed by atoms with E-state index in [1.165, 1.54) is 22.3 Å². The van der Waals surface area contributed by atoms with Crippen LogP contribution in [0.4, 0.5) is 5.69 Å². The van der Waals surface area contributed by atoms with Crippen LogP contribution >= 0.6 is 0 Å². The van der Waals surface area contributed by atoms with E-state index in [1.807, 2.05) is 18.2 Å². The molecule has 5 atom stereocenters. The summed E-state index contributed by atoms with van der Waals surface area (Å²) in [6, 6.07) is 8.19. The van der Waals surface area contributed by atoms with Gasteiger partial charge in [0.05, 0.1) is 5.41 Å². The number of rotatable bonds is 2. The highest BCUT2D eigenvalue weighted by molar-refractivity contribution is 5.93. The highest BCUT2D eigenvalue weighted by Crippen LogP contribution is 2.69. The maximum Gasteiger partial charge on any atom is 0.156 e. The van der Waals surface area contributed by atoms with Crippen molar-refractivity contribution in [2.24, 2.45) is 22.7 Å². The summed E-state index contributed by atoms with van der Waals surface area (Å²) in [4.78, 5) is 25.4. The number of aliphatic hydroxyl groups excluding tert-OH is 1. The number of nitrogens with two attached hydrogens (primary N) is 1. The van der Waals surface area contributed by atoms with E-state index in [9.17, 15) is 14.7 Å². The number of ketones is 2. The third-order valence-corrected chi connectivity index (χ3v) is 9.25. The van der Waals surface area contributed by atoms with Crippen molar-refractivity contribution in [2.45, 2.75) is 64.7 Å². The molecule has 4 heteroatoms. The third kappa shape index (κ3) is 3.24. The average Bonchev–Trinajstić information content (AvgIpc) is 3.10. The van der Waals surface area contributed by atoms with Gasteiger partial charge in [-0.05, 0) is 97.6 Å². The second-order valence-electron chi connectivity index (χ2n) is 10.6. The van der Waals surface area contributed by atoms with Gasteiger partial charge in [-0.3, -0.25) is 9.59 Å². The van der Waals surface area contributed by atoms with Crippen LogP contribution < -0.4 is 5.73 Å². The van der Waals surface area contributed by atoms with Crippen LogP contribution in [0, 0.1) is 34.5 Å². The van der Waals surface area contributed by atoms with Gasteiger partial charge in [0.2, 0.25) is 0 Å². The van der Waals surface area contributed by atoms with Gasteiger partial charge >= 0.3 is 0 Å². The Kier molecular flexibility index (Phi) is 5.37. The zero-order chi connectivity index (χ0) is 23.4. The van der Waals surface area contributed by atoms with Crippen molar-refractivity contribution in [3.8, 4) is 11.8 Å². The molecule has 1 aromatic rings. The van der Waals surface area contributed by atoms with Gasteiger partial charge in [0, 0.05) is 18.0 Å². The third-order valence-electron chi connectivity index (χ3n) is 9.25. The molecule has 0 aliphatic heterocycles. The Hall–Kier alpha value is -2.64. The minimum atomic E-state index is -0.721. The summed E-state index contributed by atoms with van der Waals surface area (Å²) >= 11 is 0. The first-order chi connectivity index (χ1) is 15.8. The van der Waals surface area contributed by atoms with Crippen LogP contribution in [0.1, 0.15) is 70.3 Å². The van der Waals surface area contributed by atoms with E-state index in [-0.39, 0.29) is 29.5 Å². The Bertz CT molecular complexity index is 1130. The number of Topliss-reactive ketones (excluding diaryl/α,β-unsaturated/α-hetero) is 1. The van der Waals surface area contributed by atoms with E-state index in [0.29, 0.717) is 18.3 Å². The van der Waals surface area contributed by atoms with Gasteiger partial charge in [0.1, 0.15) is 12.4 Å². The largest absolute Gasteiger partial charge is 0.399 e. The van der Waals surface area contributed by atoms with E-state index in [0.717, 1.165) is 44.2 Å². The number of nitrogen functional groups attached to an aromatic ring is 1. The first kappa shape index (κ1) is 22.2. The molecule has 0 bridgehead atoms. The highest BCUT2D eigenvalue weighted by atomic mass is 16.2. The molecule has 1 aromatic carbocycles. The molecular formula is C29H33NO3. The average molecular weight is 444 g/mol. The normalized spacial score (nSPS) is 35.1. The van der Waals surface area contributed by atoms with E-state index >= 15 is 0 Å². The van der Waals surface area contributed by atoms with Crippen molar-refractivity contribution in [2.75, 3.05) is 12.3 Å². The molecule has 0 unspecified atom stereocenters. The van der Waals surface area contributed by atoms with Gasteiger partial charge in [-0.2, -0.15) is 0 Å². The standard InChI is InChI=1S/C29H33NO3/c1-18(32)29(13-3-15-31)14-12-26-24-10-6-20-16-22(33)9-11-23(20)27(24)25(17-28(26,29)2)19-4-7-21(30)8-5-19/h4-5,7-8,16,24-26,31H,6,9-12,14-15,17,30H2,1-2H3/t24-,25+,26-,28-,29-/m0/s1. The van der Waals surface area contributed by atoms with Crippen LogP contribution in [0.25, 0.3) is 0 Å². The van der Waals surface area contributed by atoms with E-state index < -0.39 is 5.41 Å². The minimum Gasteiger partial charge on any atom is -0.399 e. The summed E-state index contributed by atoms with van der Waals surface area (Å²) in [7, 11) is 0. The molecule has 2 saturated carbocycles. The Balaban J connectivity index is 1.71. The number of fused-ring (bicyclic) bond motifs is 4. The Morgan fingerprint density at radius 3 is 2.64 bits per heavy atom. The Morgan fingerprint density at radius 2 is 1.94 bits per heavy atom. The lowest BCUT2D eigenvalue weighted by Crippen LogP contribution is -2.50. The molecule has 0 amide bonds. The number of anilines is 1. The number of carbonyl (C=O) groups excluding carboxylic acids is 2. The van der Waals surface area contributed by atoms with Crippen LogP contribution in [-0.4, -0.2) is 23.3 Å². The summed E-state index contributed by atoms with van der Waals surface area (Å²) in [5, 5.41) is 9.46. The molecule has 2 fully saturated rings. The van der Waals surface area contributed by atoms with E-state index in [2.05, 4.69) is 30.9 Å². The maximum atomic E-state index is 13.2. The smallest absolute Gasteiger partial charge is 0.156 e. The summed E-state index contributed by atoms with van der Waals surface area (Å²) in [5.74, 6) is 7.46. The van der Waals surface area contributed by atoms with Crippen LogP contribution in [0.3, 0.4) is 0 Å². The number of aliphatic hydroxyl groups is 1. The molecule has 4 aliphatic rings. The predicted molar refractivity (Wildman–Crippen MR) is 129 cm³/mol. The number of carbonyl (C=O) groups is 2. The molecule has 0 saturated heterocycles. The Labute approximate surface area is 196 Å². The van der Waals surface area contributed by atoms with Gasteiger partial charge in [0.15, 0.2) is 5.78 Å². The number of allylic oxidation sites excluding steroid dienone is 4. The van der Waals surface area contributed by atoms with Crippen molar-refractivity contribution < 1.29 is 14.7 Å². The van der Waals surface area contributed by atoms with Crippen LogP contribution in [0.15, 0.2) is 47.1 Å². The summed E-state index contributed by atoms with van der Waals surface area (Å²) in [6.45, 7) is 3.73. The van der Waals surface area contributed by atoms with E-state index in [4.69, 9.17) is 5.73 Å². The molecule has 0 aromatic heterocycles. The summed E-state index contributed by atoms with van der Waals surface area (Å²) in [5.41, 5.74) is 11.1. The SMILES string of the molecule is CC(=O)[C@]1(C#CCO)CC[C@H]2[C@@H]3CCC4=CC(=O)CCC4=C3[C@@H](c3ccc(N)cc3)C[C@@]21C. The zero-order valence-electron chi connectivity index (χ0n) is 19.6. The van der Waals surface area contributed by atoms with Crippen molar-refractivity contribution in [3.05, 3.63) is 52.6 Å². The first-order valence-electron chi connectivity index (χ1n) is 12.2. The first-order valence-corrected chi connectivity index (χ1v) is 12.2. The van der Waals surface area contributed by atoms with Gasteiger partial charge < -0.3 is 10.8 Å². The van der Waals surface area contributed by atoms with Crippen molar-refractivity contribution >= 4 is 17.3 Å². The molecule has 3 N–H and O–H groups in total. The lowest BCUT2D eigenvalue weighted by molar-refractivity contribution is -0.130. The summed E-state index contributed by atoms with van der Waals surface area (Å²) in [6.07, 6.45) is 7.83. The van der Waals surface area contributed by atoms with Crippen molar-refractivity contribution in [3.63, 3.8) is 0 Å². The van der Waals surface area contributed by atoms with Crippen LogP contribution in [-0.2, 0) is 9.59 Å². The Morgan fingerprint density at radius 1 is 1.18 bits per heavy atom. The van der Waals surface area contributed by atoms with Crippen molar-refractivity contribution in [1.82, 2.24) is 0 Å². The molecule has 4 nitrogen and oxygen atoms in total. The predicted octanol–water partition coefficient (Wildman–Crippen LogP) is 4.74. The maximum absolute atomic E-state index is 13.2. The fourth-order valence-corrected chi connectivity index (χ4v) is 7.78. The lowest BCUT2D eigenvalue weighted by atomic mass is 9.48. The molecule has 4 aliphatic carbocycles. The molecule has 0 heterocycles. The second kappa shape index (κ2) is 7.99.